The molecular weight excluding hydrogens is 300 g/mol. The van der Waals surface area contributed by atoms with Gasteiger partial charge in [-0.15, -0.1) is 0 Å². The van der Waals surface area contributed by atoms with Crippen LogP contribution in [0.3, 0.4) is 0 Å². The summed E-state index contributed by atoms with van der Waals surface area (Å²) in [6.45, 7) is 10.4. The fourth-order valence-corrected chi connectivity index (χ4v) is 2.12. The van der Waals surface area contributed by atoms with Crippen molar-refractivity contribution in [2.24, 2.45) is 10.4 Å². The molecule has 0 aromatic carbocycles. The van der Waals surface area contributed by atoms with E-state index in [2.05, 4.69) is 57.8 Å². The van der Waals surface area contributed by atoms with Gasteiger partial charge in [0.05, 0.1) is 11.9 Å². The maximum Gasteiger partial charge on any atom is 0.182 e. The summed E-state index contributed by atoms with van der Waals surface area (Å²) in [5, 5.41) is 10.5. The van der Waals surface area contributed by atoms with E-state index >= 15 is 0 Å². The second-order valence-corrected chi connectivity index (χ2v) is 6.95. The van der Waals surface area contributed by atoms with Gasteiger partial charge in [0.25, 0.3) is 0 Å². The zero-order valence-corrected chi connectivity index (χ0v) is 14.5. The summed E-state index contributed by atoms with van der Waals surface area (Å²) in [6.07, 6.45) is 8.84. The molecule has 1 fully saturated rings. The Labute approximate surface area is 142 Å². The van der Waals surface area contributed by atoms with Crippen molar-refractivity contribution in [1.29, 1.82) is 0 Å². The highest BCUT2D eigenvalue weighted by atomic mass is 15.2. The Balaban J connectivity index is 1.69. The Hall–Kier alpha value is -2.50. The largest absolute Gasteiger partial charge is 0.339 e. The smallest absolute Gasteiger partial charge is 0.182 e. The highest BCUT2D eigenvalue weighted by Gasteiger charge is 2.27. The molecule has 2 aromatic heterocycles. The lowest BCUT2D eigenvalue weighted by Gasteiger charge is -2.16. The van der Waals surface area contributed by atoms with Crippen LogP contribution in [0, 0.1) is 5.41 Å². The van der Waals surface area contributed by atoms with Crippen LogP contribution >= 0.6 is 0 Å². The van der Waals surface area contributed by atoms with Gasteiger partial charge in [0.2, 0.25) is 0 Å². The molecular formula is C18H24N6. The molecule has 6 nitrogen and oxygen atoms in total. The number of rotatable bonds is 7. The van der Waals surface area contributed by atoms with Crippen molar-refractivity contribution in [3.63, 3.8) is 0 Å². The Morgan fingerprint density at radius 2 is 2.25 bits per heavy atom. The van der Waals surface area contributed by atoms with Crippen LogP contribution in [0.2, 0.25) is 0 Å². The zero-order valence-electron chi connectivity index (χ0n) is 14.5. The number of hydrogen-bond donors (Lipinski definition) is 2. The lowest BCUT2D eigenvalue weighted by molar-refractivity contribution is 0.515. The number of nitrogens with zero attached hydrogens (tertiary/aromatic N) is 4. The van der Waals surface area contributed by atoms with E-state index in [1.54, 1.807) is 12.4 Å². The molecule has 2 N–H and O–H groups in total. The molecule has 126 valence electrons. The fraction of sp³-hybridized carbons (Fsp3) is 0.444. The molecule has 1 aliphatic rings. The third-order valence-corrected chi connectivity index (χ3v) is 4.23. The second kappa shape index (κ2) is 6.55. The molecule has 2 heterocycles. The van der Waals surface area contributed by atoms with E-state index in [4.69, 9.17) is 0 Å². The number of aliphatic imine (C=N–C) groups is 1. The maximum atomic E-state index is 4.56. The van der Waals surface area contributed by atoms with Gasteiger partial charge >= 0.3 is 0 Å². The summed E-state index contributed by atoms with van der Waals surface area (Å²) < 4.78 is 0. The lowest BCUT2D eigenvalue weighted by atomic mass is 9.92. The molecule has 0 saturated heterocycles. The predicted molar refractivity (Wildman–Crippen MR) is 96.9 cm³/mol. The Morgan fingerprint density at radius 3 is 2.96 bits per heavy atom. The van der Waals surface area contributed by atoms with Crippen molar-refractivity contribution < 1.29 is 0 Å². The minimum absolute atomic E-state index is 0.0584. The average Bonchev–Trinajstić information content (AvgIpc) is 3.30. The van der Waals surface area contributed by atoms with Crippen LogP contribution in [0.25, 0.3) is 11.4 Å². The van der Waals surface area contributed by atoms with Crippen molar-refractivity contribution in [3.8, 4) is 11.4 Å². The number of pyridine rings is 1. The molecule has 6 heteroatoms. The van der Waals surface area contributed by atoms with Gasteiger partial charge in [-0.05, 0) is 30.7 Å². The number of aromatic amines is 1. The van der Waals surface area contributed by atoms with Gasteiger partial charge in [-0.1, -0.05) is 27.4 Å². The summed E-state index contributed by atoms with van der Waals surface area (Å²) >= 11 is 0. The topological polar surface area (TPSA) is 78.9 Å². The first-order valence-electron chi connectivity index (χ1n) is 8.36. The maximum absolute atomic E-state index is 4.56. The number of anilines is 1. The molecule has 0 amide bonds. The number of hydrogen-bond acceptors (Lipinski definition) is 5. The van der Waals surface area contributed by atoms with E-state index in [1.165, 1.54) is 12.8 Å². The molecule has 0 aliphatic heterocycles. The SMILES string of the molecule is C=C(N=CC(C)(C)CC)Nc1cncc(-c2n[nH]c(C3CC3)n2)c1. The van der Waals surface area contributed by atoms with Crippen LogP contribution in [0.15, 0.2) is 35.9 Å². The standard InChI is InChI=1S/C18H24N6/c1-5-18(3,4)11-20-12(2)21-15-8-14(9-19-10-15)17-22-16(23-24-17)13-6-7-13/h8-11,13,21H,2,5-7H2,1,3-4H3,(H,22,23,24). The molecule has 24 heavy (non-hydrogen) atoms. The Bertz CT molecular complexity index is 754. The van der Waals surface area contributed by atoms with Gasteiger partial charge < -0.3 is 5.32 Å². The van der Waals surface area contributed by atoms with Gasteiger partial charge in [-0.25, -0.2) is 9.98 Å². The molecule has 0 spiro atoms. The zero-order chi connectivity index (χ0) is 17.2. The van der Waals surface area contributed by atoms with Gasteiger partial charge in [-0.2, -0.15) is 5.10 Å². The second-order valence-electron chi connectivity index (χ2n) is 6.95. The van der Waals surface area contributed by atoms with Crippen molar-refractivity contribution in [3.05, 3.63) is 36.7 Å². The summed E-state index contributed by atoms with van der Waals surface area (Å²) in [5.74, 6) is 2.79. The molecule has 0 unspecified atom stereocenters. The molecule has 0 atom stereocenters. The van der Waals surface area contributed by atoms with Crippen molar-refractivity contribution >= 4 is 11.9 Å². The summed E-state index contributed by atoms with van der Waals surface area (Å²) in [5.41, 5.74) is 1.75. The van der Waals surface area contributed by atoms with Crippen LogP contribution in [0.5, 0.6) is 0 Å². The number of aromatic nitrogens is 4. The van der Waals surface area contributed by atoms with Crippen molar-refractivity contribution in [1.82, 2.24) is 20.2 Å². The van der Waals surface area contributed by atoms with Gasteiger partial charge in [0, 0.05) is 23.9 Å². The highest BCUT2D eigenvalue weighted by Crippen LogP contribution is 2.38. The molecule has 1 saturated carbocycles. The van der Waals surface area contributed by atoms with E-state index in [1.807, 2.05) is 12.3 Å². The van der Waals surface area contributed by atoms with Crippen LogP contribution in [0.1, 0.15) is 51.8 Å². The quantitative estimate of drug-likeness (QED) is 0.750. The van der Waals surface area contributed by atoms with Gasteiger partial charge in [0.1, 0.15) is 11.6 Å². The minimum atomic E-state index is 0.0584. The lowest BCUT2D eigenvalue weighted by Crippen LogP contribution is -2.11. The Morgan fingerprint density at radius 1 is 1.46 bits per heavy atom. The summed E-state index contributed by atoms with van der Waals surface area (Å²) in [6, 6.07) is 1.96. The third kappa shape index (κ3) is 4.07. The van der Waals surface area contributed by atoms with Crippen LogP contribution < -0.4 is 5.32 Å². The summed E-state index contributed by atoms with van der Waals surface area (Å²) in [4.78, 5) is 13.2. The molecule has 3 rings (SSSR count). The van der Waals surface area contributed by atoms with E-state index < -0.39 is 0 Å². The monoisotopic (exact) mass is 324 g/mol. The minimum Gasteiger partial charge on any atom is -0.339 e. The van der Waals surface area contributed by atoms with E-state index in [9.17, 15) is 0 Å². The van der Waals surface area contributed by atoms with Gasteiger partial charge in [0.15, 0.2) is 5.82 Å². The third-order valence-electron chi connectivity index (χ3n) is 4.23. The normalized spacial score (nSPS) is 15.0. The van der Waals surface area contributed by atoms with Gasteiger partial charge in [-0.3, -0.25) is 10.1 Å². The number of nitrogens with one attached hydrogen (secondary N) is 2. The first-order chi connectivity index (χ1) is 11.5. The summed E-state index contributed by atoms with van der Waals surface area (Å²) in [7, 11) is 0. The fourth-order valence-electron chi connectivity index (χ4n) is 2.12. The van der Waals surface area contributed by atoms with E-state index in [0.717, 1.165) is 23.5 Å². The molecule has 0 radical (unpaired) electrons. The van der Waals surface area contributed by atoms with Crippen molar-refractivity contribution in [2.45, 2.75) is 46.0 Å². The van der Waals surface area contributed by atoms with E-state index in [-0.39, 0.29) is 5.41 Å². The van der Waals surface area contributed by atoms with Crippen molar-refractivity contribution in [2.75, 3.05) is 5.32 Å². The van der Waals surface area contributed by atoms with Crippen LogP contribution in [-0.4, -0.2) is 26.4 Å². The first-order valence-corrected chi connectivity index (χ1v) is 8.36. The molecule has 2 aromatic rings. The Kier molecular flexibility index (Phi) is 4.46. The average molecular weight is 324 g/mol. The number of H-pyrrole nitrogens is 1. The molecule has 1 aliphatic carbocycles. The van der Waals surface area contributed by atoms with Crippen LogP contribution in [0.4, 0.5) is 5.69 Å². The van der Waals surface area contributed by atoms with Crippen LogP contribution in [-0.2, 0) is 0 Å². The first kappa shape index (κ1) is 16.4. The highest BCUT2D eigenvalue weighted by molar-refractivity contribution is 5.67. The molecule has 0 bridgehead atoms. The van der Waals surface area contributed by atoms with E-state index in [0.29, 0.717) is 17.6 Å². The predicted octanol–water partition coefficient (Wildman–Crippen LogP) is 4.13.